The number of hydrogen-bond donors (Lipinski definition) is 2. The maximum atomic E-state index is 12.0. The van der Waals surface area contributed by atoms with Gasteiger partial charge in [0.1, 0.15) is 11.2 Å². The first-order valence-electron chi connectivity index (χ1n) is 5.53. The van der Waals surface area contributed by atoms with Crippen molar-refractivity contribution in [1.82, 2.24) is 4.98 Å². The fourth-order valence-electron chi connectivity index (χ4n) is 1.91. The van der Waals surface area contributed by atoms with Gasteiger partial charge in [0.25, 0.3) is 0 Å². The van der Waals surface area contributed by atoms with E-state index in [4.69, 9.17) is 5.11 Å². The molecule has 1 aromatic rings. The minimum atomic E-state index is -1.25. The second-order valence-electron chi connectivity index (χ2n) is 4.36. The summed E-state index contributed by atoms with van der Waals surface area (Å²) >= 11 is 0. The third kappa shape index (κ3) is 1.88. The lowest BCUT2D eigenvalue weighted by Gasteiger charge is -2.35. The number of carboxylic acids is 1. The van der Waals surface area contributed by atoms with Crippen molar-refractivity contribution in [1.29, 1.82) is 0 Å². The van der Waals surface area contributed by atoms with Gasteiger partial charge in [-0.1, -0.05) is 12.5 Å². The monoisotopic (exact) mass is 234 g/mol. The molecule has 5 nitrogen and oxygen atoms in total. The van der Waals surface area contributed by atoms with E-state index < -0.39 is 17.3 Å². The number of nitrogens with zero attached hydrogens (tertiary/aromatic N) is 1. The van der Waals surface area contributed by atoms with Gasteiger partial charge < -0.3 is 10.4 Å². The van der Waals surface area contributed by atoms with Crippen LogP contribution in [0.15, 0.2) is 18.3 Å². The molecular weight excluding hydrogens is 220 g/mol. The SMILES string of the molecule is Cc1cccnc1NC(=O)C1(C(=O)O)CCC1. The Morgan fingerprint density at radius 3 is 2.65 bits per heavy atom. The number of rotatable bonds is 3. The predicted octanol–water partition coefficient (Wildman–Crippen LogP) is 1.58. The summed E-state index contributed by atoms with van der Waals surface area (Å²) in [6.07, 6.45) is 3.15. The lowest BCUT2D eigenvalue weighted by atomic mass is 9.68. The van der Waals surface area contributed by atoms with Crippen LogP contribution >= 0.6 is 0 Å². The Morgan fingerprint density at radius 2 is 2.18 bits per heavy atom. The highest BCUT2D eigenvalue weighted by Gasteiger charge is 2.51. The third-order valence-electron chi connectivity index (χ3n) is 3.29. The molecule has 0 aliphatic heterocycles. The molecule has 0 radical (unpaired) electrons. The van der Waals surface area contributed by atoms with E-state index in [0.717, 1.165) is 12.0 Å². The van der Waals surface area contributed by atoms with Crippen LogP contribution in [0.3, 0.4) is 0 Å². The second kappa shape index (κ2) is 4.16. The highest BCUT2D eigenvalue weighted by Crippen LogP contribution is 2.42. The minimum Gasteiger partial charge on any atom is -0.480 e. The van der Waals surface area contributed by atoms with Crippen molar-refractivity contribution < 1.29 is 14.7 Å². The van der Waals surface area contributed by atoms with Crippen molar-refractivity contribution in [2.75, 3.05) is 5.32 Å². The van der Waals surface area contributed by atoms with Crippen LogP contribution in [0, 0.1) is 12.3 Å². The molecule has 2 N–H and O–H groups in total. The average molecular weight is 234 g/mol. The van der Waals surface area contributed by atoms with Gasteiger partial charge in [0.05, 0.1) is 0 Å². The van der Waals surface area contributed by atoms with Gasteiger partial charge in [-0.25, -0.2) is 4.98 Å². The number of carbonyl (C=O) groups excluding carboxylic acids is 1. The van der Waals surface area contributed by atoms with E-state index in [-0.39, 0.29) is 0 Å². The van der Waals surface area contributed by atoms with Gasteiger partial charge in [-0.15, -0.1) is 0 Å². The molecule has 1 aromatic heterocycles. The molecule has 1 amide bonds. The number of carbonyl (C=O) groups is 2. The molecule has 1 aliphatic rings. The number of aromatic nitrogens is 1. The van der Waals surface area contributed by atoms with Gasteiger partial charge in [0, 0.05) is 6.20 Å². The van der Waals surface area contributed by atoms with Gasteiger partial charge in [-0.3, -0.25) is 9.59 Å². The molecule has 1 fully saturated rings. The van der Waals surface area contributed by atoms with E-state index in [1.165, 1.54) is 0 Å². The van der Waals surface area contributed by atoms with Gasteiger partial charge >= 0.3 is 5.97 Å². The van der Waals surface area contributed by atoms with Crippen LogP contribution in [0.4, 0.5) is 5.82 Å². The van der Waals surface area contributed by atoms with Crippen molar-refractivity contribution in [3.63, 3.8) is 0 Å². The molecular formula is C12H14N2O3. The average Bonchev–Trinajstić information content (AvgIpc) is 2.19. The Labute approximate surface area is 98.9 Å². The fraction of sp³-hybridized carbons (Fsp3) is 0.417. The molecule has 1 aliphatic carbocycles. The number of pyridine rings is 1. The molecule has 0 spiro atoms. The lowest BCUT2D eigenvalue weighted by molar-refractivity contribution is -0.159. The van der Waals surface area contributed by atoms with E-state index in [0.29, 0.717) is 18.7 Å². The Kier molecular flexibility index (Phi) is 2.83. The summed E-state index contributed by atoms with van der Waals surface area (Å²) in [4.78, 5) is 27.1. The van der Waals surface area contributed by atoms with Crippen LogP contribution in [-0.4, -0.2) is 22.0 Å². The molecule has 90 valence electrons. The van der Waals surface area contributed by atoms with Crippen LogP contribution in [0.1, 0.15) is 24.8 Å². The topological polar surface area (TPSA) is 79.3 Å². The van der Waals surface area contributed by atoms with E-state index in [9.17, 15) is 9.59 Å². The van der Waals surface area contributed by atoms with Crippen LogP contribution in [0.2, 0.25) is 0 Å². The molecule has 1 heterocycles. The van der Waals surface area contributed by atoms with E-state index in [1.54, 1.807) is 12.3 Å². The first-order chi connectivity index (χ1) is 8.06. The maximum Gasteiger partial charge on any atom is 0.319 e. The summed E-state index contributed by atoms with van der Waals surface area (Å²) in [6.45, 7) is 1.82. The van der Waals surface area contributed by atoms with E-state index >= 15 is 0 Å². The van der Waals surface area contributed by atoms with Crippen molar-refractivity contribution in [3.8, 4) is 0 Å². The van der Waals surface area contributed by atoms with Gasteiger partial charge in [0.15, 0.2) is 0 Å². The maximum absolute atomic E-state index is 12.0. The van der Waals surface area contributed by atoms with Crippen LogP contribution < -0.4 is 5.32 Å². The fourth-order valence-corrected chi connectivity index (χ4v) is 1.91. The Hall–Kier alpha value is -1.91. The minimum absolute atomic E-state index is 0.403. The molecule has 0 aromatic carbocycles. The molecule has 0 atom stereocenters. The van der Waals surface area contributed by atoms with Gasteiger partial charge in [-0.2, -0.15) is 0 Å². The number of aliphatic carboxylic acids is 1. The molecule has 2 rings (SSSR count). The standard InChI is InChI=1S/C12H14N2O3/c1-8-4-2-7-13-9(8)14-10(15)12(11(16)17)5-3-6-12/h2,4,7H,3,5-6H2,1H3,(H,16,17)(H,13,14,15). The first-order valence-corrected chi connectivity index (χ1v) is 5.53. The lowest BCUT2D eigenvalue weighted by Crippen LogP contribution is -2.48. The van der Waals surface area contributed by atoms with E-state index in [1.807, 2.05) is 13.0 Å². The first kappa shape index (κ1) is 11.6. The zero-order valence-electron chi connectivity index (χ0n) is 9.56. The zero-order chi connectivity index (χ0) is 12.5. The van der Waals surface area contributed by atoms with Crippen LogP contribution in [0.25, 0.3) is 0 Å². The normalized spacial score (nSPS) is 17.0. The zero-order valence-corrected chi connectivity index (χ0v) is 9.56. The quantitative estimate of drug-likeness (QED) is 0.778. The number of carboxylic acid groups (broad SMARTS) is 1. The third-order valence-corrected chi connectivity index (χ3v) is 3.29. The van der Waals surface area contributed by atoms with Crippen molar-refractivity contribution in [2.24, 2.45) is 5.41 Å². The Bertz CT molecular complexity index is 467. The molecule has 0 bridgehead atoms. The molecule has 17 heavy (non-hydrogen) atoms. The van der Waals surface area contributed by atoms with Gasteiger partial charge in [0.2, 0.25) is 5.91 Å². The highest BCUT2D eigenvalue weighted by atomic mass is 16.4. The smallest absolute Gasteiger partial charge is 0.319 e. The van der Waals surface area contributed by atoms with E-state index in [2.05, 4.69) is 10.3 Å². The summed E-state index contributed by atoms with van der Waals surface area (Å²) in [5.74, 6) is -1.07. The number of amides is 1. The van der Waals surface area contributed by atoms with Crippen molar-refractivity contribution in [2.45, 2.75) is 26.2 Å². The molecule has 1 saturated carbocycles. The summed E-state index contributed by atoms with van der Waals surface area (Å²) in [5.41, 5.74) is -0.426. The highest BCUT2D eigenvalue weighted by molar-refractivity contribution is 6.08. The largest absolute Gasteiger partial charge is 0.480 e. The Morgan fingerprint density at radius 1 is 1.47 bits per heavy atom. The van der Waals surface area contributed by atoms with Crippen molar-refractivity contribution >= 4 is 17.7 Å². The second-order valence-corrected chi connectivity index (χ2v) is 4.36. The number of aryl methyl sites for hydroxylation is 1. The number of nitrogens with one attached hydrogen (secondary N) is 1. The van der Waals surface area contributed by atoms with Crippen LogP contribution in [0.5, 0.6) is 0 Å². The molecule has 0 unspecified atom stereocenters. The summed E-state index contributed by atoms with van der Waals surface area (Å²) in [7, 11) is 0. The number of hydrogen-bond acceptors (Lipinski definition) is 3. The molecule has 5 heteroatoms. The Balaban J connectivity index is 2.17. The summed E-state index contributed by atoms with van der Waals surface area (Å²) in [5, 5.41) is 11.7. The van der Waals surface area contributed by atoms with Crippen molar-refractivity contribution in [3.05, 3.63) is 23.9 Å². The predicted molar refractivity (Wildman–Crippen MR) is 61.5 cm³/mol. The molecule has 0 saturated heterocycles. The number of anilines is 1. The summed E-state index contributed by atoms with van der Waals surface area (Å²) in [6, 6.07) is 3.58. The van der Waals surface area contributed by atoms with Crippen LogP contribution in [-0.2, 0) is 9.59 Å². The van der Waals surface area contributed by atoms with Gasteiger partial charge in [-0.05, 0) is 31.4 Å². The summed E-state index contributed by atoms with van der Waals surface area (Å²) < 4.78 is 0.